The second-order valence-electron chi connectivity index (χ2n) is 6.30. The first kappa shape index (κ1) is 13.4. The van der Waals surface area contributed by atoms with Gasteiger partial charge in [-0.05, 0) is 56.6 Å². The highest BCUT2D eigenvalue weighted by atomic mass is 19.1. The highest BCUT2D eigenvalue weighted by molar-refractivity contribution is 5.78. The summed E-state index contributed by atoms with van der Waals surface area (Å²) in [6, 6.07) is 4.64. The Kier molecular flexibility index (Phi) is 3.17. The van der Waals surface area contributed by atoms with Crippen molar-refractivity contribution < 1.29 is 4.39 Å². The van der Waals surface area contributed by atoms with Crippen LogP contribution in [0.5, 0.6) is 0 Å². The third-order valence-electron chi connectivity index (χ3n) is 4.47. The molecule has 0 radical (unpaired) electrons. The lowest BCUT2D eigenvalue weighted by molar-refractivity contribution is 0.122. The van der Waals surface area contributed by atoms with Crippen LogP contribution in [0, 0.1) is 11.2 Å². The smallest absolute Gasteiger partial charge is 0.201 e. The summed E-state index contributed by atoms with van der Waals surface area (Å²) in [4.78, 5) is 6.67. The van der Waals surface area contributed by atoms with Crippen molar-refractivity contribution in [1.82, 2.24) is 14.5 Å². The number of rotatable bonds is 2. The van der Waals surface area contributed by atoms with Crippen molar-refractivity contribution in [2.75, 3.05) is 25.9 Å². The molecular formula is C15H21FN4. The Hall–Kier alpha value is -1.62. The molecule has 108 valence electrons. The fraction of sp³-hybridized carbons (Fsp3) is 0.533. The van der Waals surface area contributed by atoms with Crippen molar-refractivity contribution in [3.8, 4) is 0 Å². The van der Waals surface area contributed by atoms with Gasteiger partial charge in [-0.3, -0.25) is 0 Å². The van der Waals surface area contributed by atoms with E-state index in [4.69, 9.17) is 5.73 Å². The van der Waals surface area contributed by atoms with E-state index in [-0.39, 0.29) is 11.2 Å². The number of nitrogens with zero attached hydrogens (tertiary/aromatic N) is 3. The summed E-state index contributed by atoms with van der Waals surface area (Å²) < 4.78 is 15.4. The van der Waals surface area contributed by atoms with Crippen LogP contribution >= 0.6 is 0 Å². The van der Waals surface area contributed by atoms with Crippen LogP contribution in [0.25, 0.3) is 11.0 Å². The zero-order chi connectivity index (χ0) is 14.3. The van der Waals surface area contributed by atoms with E-state index in [1.807, 2.05) is 4.57 Å². The predicted molar refractivity (Wildman–Crippen MR) is 78.9 cm³/mol. The minimum atomic E-state index is -0.243. The molecule has 4 nitrogen and oxygen atoms in total. The number of nitrogens with two attached hydrogens (primary N) is 1. The maximum Gasteiger partial charge on any atom is 0.201 e. The monoisotopic (exact) mass is 276 g/mol. The molecule has 0 amide bonds. The number of imidazole rings is 1. The number of halogens is 1. The highest BCUT2D eigenvalue weighted by Gasteiger charge is 2.30. The van der Waals surface area contributed by atoms with Crippen LogP contribution in [0.15, 0.2) is 18.2 Å². The van der Waals surface area contributed by atoms with E-state index in [2.05, 4.69) is 23.9 Å². The molecule has 1 aliphatic heterocycles. The van der Waals surface area contributed by atoms with E-state index in [9.17, 15) is 4.39 Å². The Bertz CT molecular complexity index is 626. The summed E-state index contributed by atoms with van der Waals surface area (Å²) in [6.07, 6.45) is 2.25. The molecule has 3 rings (SSSR count). The van der Waals surface area contributed by atoms with Crippen LogP contribution in [0.3, 0.4) is 0 Å². The van der Waals surface area contributed by atoms with E-state index in [0.717, 1.165) is 43.5 Å². The average molecular weight is 276 g/mol. The minimum Gasteiger partial charge on any atom is -0.369 e. The summed E-state index contributed by atoms with van der Waals surface area (Å²) >= 11 is 0. The predicted octanol–water partition coefficient (Wildman–Crippen LogP) is 2.49. The van der Waals surface area contributed by atoms with Gasteiger partial charge in [0.2, 0.25) is 5.95 Å². The lowest BCUT2D eigenvalue weighted by atomic mass is 9.80. The maximum atomic E-state index is 13.5. The van der Waals surface area contributed by atoms with Crippen LogP contribution in [0.1, 0.15) is 19.8 Å². The number of benzene rings is 1. The van der Waals surface area contributed by atoms with Gasteiger partial charge in [0.1, 0.15) is 5.82 Å². The van der Waals surface area contributed by atoms with Crippen molar-refractivity contribution in [1.29, 1.82) is 0 Å². The van der Waals surface area contributed by atoms with Gasteiger partial charge >= 0.3 is 0 Å². The van der Waals surface area contributed by atoms with E-state index >= 15 is 0 Å². The van der Waals surface area contributed by atoms with Gasteiger partial charge in [-0.1, -0.05) is 6.92 Å². The van der Waals surface area contributed by atoms with Crippen molar-refractivity contribution in [3.63, 3.8) is 0 Å². The Labute approximate surface area is 118 Å². The molecule has 5 heteroatoms. The van der Waals surface area contributed by atoms with Gasteiger partial charge in [-0.2, -0.15) is 0 Å². The molecule has 0 unspecified atom stereocenters. The molecule has 1 saturated heterocycles. The number of hydrogen-bond acceptors (Lipinski definition) is 3. The molecule has 2 heterocycles. The largest absolute Gasteiger partial charge is 0.369 e. The van der Waals surface area contributed by atoms with Crippen molar-refractivity contribution in [3.05, 3.63) is 24.0 Å². The second kappa shape index (κ2) is 4.74. The topological polar surface area (TPSA) is 47.1 Å². The number of piperidine rings is 1. The summed E-state index contributed by atoms with van der Waals surface area (Å²) in [7, 11) is 2.15. The number of hydrogen-bond donors (Lipinski definition) is 1. The molecule has 2 aromatic rings. The number of aromatic nitrogens is 2. The van der Waals surface area contributed by atoms with Gasteiger partial charge < -0.3 is 15.2 Å². The third kappa shape index (κ3) is 2.38. The summed E-state index contributed by atoms with van der Waals surface area (Å²) in [6.45, 7) is 5.27. The van der Waals surface area contributed by atoms with Crippen LogP contribution in [0.2, 0.25) is 0 Å². The summed E-state index contributed by atoms with van der Waals surface area (Å²) in [5, 5.41) is 0. The zero-order valence-corrected chi connectivity index (χ0v) is 12.1. The quantitative estimate of drug-likeness (QED) is 0.916. The van der Waals surface area contributed by atoms with Crippen molar-refractivity contribution in [2.45, 2.75) is 26.3 Å². The number of anilines is 1. The van der Waals surface area contributed by atoms with Gasteiger partial charge in [-0.25, -0.2) is 9.37 Å². The molecule has 20 heavy (non-hydrogen) atoms. The zero-order valence-electron chi connectivity index (χ0n) is 12.1. The fourth-order valence-electron chi connectivity index (χ4n) is 2.98. The fourth-order valence-corrected chi connectivity index (χ4v) is 2.98. The molecule has 1 aliphatic rings. The number of likely N-dealkylation sites (tertiary alicyclic amines) is 1. The summed E-state index contributed by atoms with van der Waals surface area (Å²) in [5.74, 6) is 0.234. The Balaban J connectivity index is 1.94. The minimum absolute atomic E-state index is 0.195. The standard InChI is InChI=1S/C15H21FN4/c1-15(5-7-19(2)8-6-15)10-20-13-9-11(16)3-4-12(13)18-14(20)17/h3-4,9H,5-8,10H2,1-2H3,(H2,17,18). The molecule has 0 aliphatic carbocycles. The molecule has 1 aromatic carbocycles. The highest BCUT2D eigenvalue weighted by Crippen LogP contribution is 2.34. The Morgan fingerprint density at radius 3 is 2.75 bits per heavy atom. The first-order valence-corrected chi connectivity index (χ1v) is 7.07. The van der Waals surface area contributed by atoms with Crippen LogP contribution in [0.4, 0.5) is 10.3 Å². The Morgan fingerprint density at radius 2 is 2.05 bits per heavy atom. The molecule has 0 saturated carbocycles. The average Bonchev–Trinajstić information content (AvgIpc) is 2.70. The lowest BCUT2D eigenvalue weighted by Gasteiger charge is -2.38. The van der Waals surface area contributed by atoms with E-state index in [1.165, 1.54) is 12.1 Å². The molecule has 1 fully saturated rings. The SMILES string of the molecule is CN1CCC(C)(Cn2c(N)nc3ccc(F)cc32)CC1. The normalized spacial score (nSPS) is 19.6. The Morgan fingerprint density at radius 1 is 1.35 bits per heavy atom. The molecule has 0 bridgehead atoms. The first-order chi connectivity index (χ1) is 9.47. The van der Waals surface area contributed by atoms with E-state index in [0.29, 0.717) is 5.95 Å². The van der Waals surface area contributed by atoms with Gasteiger partial charge in [0, 0.05) is 6.54 Å². The molecule has 1 aromatic heterocycles. The number of fused-ring (bicyclic) bond motifs is 1. The van der Waals surface area contributed by atoms with E-state index in [1.54, 1.807) is 6.07 Å². The lowest BCUT2D eigenvalue weighted by Crippen LogP contribution is -2.38. The van der Waals surface area contributed by atoms with Gasteiger partial charge in [0.15, 0.2) is 0 Å². The van der Waals surface area contributed by atoms with Crippen LogP contribution in [-0.4, -0.2) is 34.6 Å². The van der Waals surface area contributed by atoms with Crippen molar-refractivity contribution in [2.24, 2.45) is 5.41 Å². The summed E-state index contributed by atoms with van der Waals surface area (Å²) in [5.41, 5.74) is 7.78. The third-order valence-corrected chi connectivity index (χ3v) is 4.47. The van der Waals surface area contributed by atoms with E-state index < -0.39 is 0 Å². The second-order valence-corrected chi connectivity index (χ2v) is 6.30. The van der Waals surface area contributed by atoms with Crippen LogP contribution in [-0.2, 0) is 6.54 Å². The van der Waals surface area contributed by atoms with Gasteiger partial charge in [0.25, 0.3) is 0 Å². The van der Waals surface area contributed by atoms with Gasteiger partial charge in [-0.15, -0.1) is 0 Å². The van der Waals surface area contributed by atoms with Crippen LogP contribution < -0.4 is 5.73 Å². The molecule has 2 N–H and O–H groups in total. The molecule has 0 atom stereocenters. The molecule has 0 spiro atoms. The molecular weight excluding hydrogens is 255 g/mol. The number of nitrogen functional groups attached to an aromatic ring is 1. The van der Waals surface area contributed by atoms with Gasteiger partial charge in [0.05, 0.1) is 11.0 Å². The van der Waals surface area contributed by atoms with Crippen molar-refractivity contribution >= 4 is 17.0 Å². The first-order valence-electron chi connectivity index (χ1n) is 7.07. The maximum absolute atomic E-state index is 13.5.